The molecule has 0 aromatic heterocycles. The predicted molar refractivity (Wildman–Crippen MR) is 72.8 cm³/mol. The molecule has 1 aliphatic rings. The van der Waals surface area contributed by atoms with Gasteiger partial charge in [0.05, 0.1) is 0 Å². The predicted octanol–water partition coefficient (Wildman–Crippen LogP) is 2.45. The highest BCUT2D eigenvalue weighted by Gasteiger charge is 2.22. The molecule has 3 heteroatoms. The van der Waals surface area contributed by atoms with Gasteiger partial charge in [-0.2, -0.15) is 0 Å². The maximum absolute atomic E-state index is 5.67. The van der Waals surface area contributed by atoms with Crippen LogP contribution >= 0.6 is 0 Å². The van der Waals surface area contributed by atoms with Crippen LogP contribution in [0.1, 0.15) is 37.3 Å². The second-order valence-electron chi connectivity index (χ2n) is 5.23. The van der Waals surface area contributed by atoms with Crippen LogP contribution in [0.2, 0.25) is 0 Å². The van der Waals surface area contributed by atoms with E-state index in [2.05, 4.69) is 48.7 Å². The van der Waals surface area contributed by atoms with Gasteiger partial charge in [-0.25, -0.2) is 0 Å². The number of nitrogens with two attached hydrogens (primary N) is 1. The Bertz CT molecular complexity index is 358. The fourth-order valence-corrected chi connectivity index (χ4v) is 2.17. The van der Waals surface area contributed by atoms with Crippen molar-refractivity contribution >= 4 is 5.69 Å². The number of benzene rings is 1. The molecule has 3 nitrogen and oxygen atoms in total. The topological polar surface area (TPSA) is 41.3 Å². The Hall–Kier alpha value is -1.06. The molecule has 17 heavy (non-hydrogen) atoms. The first-order valence-corrected chi connectivity index (χ1v) is 6.44. The molecule has 1 saturated carbocycles. The van der Waals surface area contributed by atoms with Crippen molar-refractivity contribution in [3.63, 3.8) is 0 Å². The monoisotopic (exact) mass is 233 g/mol. The molecule has 0 radical (unpaired) electrons. The summed E-state index contributed by atoms with van der Waals surface area (Å²) in [5.41, 5.74) is 5.47. The van der Waals surface area contributed by atoms with Gasteiger partial charge < -0.3 is 4.90 Å². The standard InChI is InChI=1S/C14H23N3/c1-17(2)13-5-3-4-12(10-13)14(16-15)9-8-11-6-7-11/h3-5,10-11,14,16H,6-9,15H2,1-2H3. The molecular formula is C14H23N3. The van der Waals surface area contributed by atoms with E-state index in [1.165, 1.54) is 30.5 Å². The molecule has 94 valence electrons. The summed E-state index contributed by atoms with van der Waals surface area (Å²) in [4.78, 5) is 2.12. The Kier molecular flexibility index (Phi) is 4.02. The van der Waals surface area contributed by atoms with Crippen molar-refractivity contribution in [2.24, 2.45) is 11.8 Å². The van der Waals surface area contributed by atoms with Crippen LogP contribution < -0.4 is 16.2 Å². The highest BCUT2D eigenvalue weighted by Crippen LogP contribution is 2.36. The minimum atomic E-state index is 0.287. The molecule has 0 heterocycles. The largest absolute Gasteiger partial charge is 0.378 e. The lowest BCUT2D eigenvalue weighted by Crippen LogP contribution is -2.28. The zero-order valence-electron chi connectivity index (χ0n) is 10.8. The number of nitrogens with one attached hydrogen (secondary N) is 1. The highest BCUT2D eigenvalue weighted by molar-refractivity contribution is 5.47. The zero-order valence-corrected chi connectivity index (χ0v) is 10.8. The van der Waals surface area contributed by atoms with E-state index in [9.17, 15) is 0 Å². The smallest absolute Gasteiger partial charge is 0.0460 e. The van der Waals surface area contributed by atoms with E-state index in [0.29, 0.717) is 0 Å². The fourth-order valence-electron chi connectivity index (χ4n) is 2.17. The van der Waals surface area contributed by atoms with Crippen LogP contribution in [0.25, 0.3) is 0 Å². The van der Waals surface area contributed by atoms with E-state index in [0.717, 1.165) is 12.3 Å². The van der Waals surface area contributed by atoms with Crippen LogP contribution in [0.5, 0.6) is 0 Å². The van der Waals surface area contributed by atoms with Crippen LogP contribution in [0.4, 0.5) is 5.69 Å². The average molecular weight is 233 g/mol. The fraction of sp³-hybridized carbons (Fsp3) is 0.571. The summed E-state index contributed by atoms with van der Waals surface area (Å²) in [7, 11) is 4.13. The lowest BCUT2D eigenvalue weighted by Gasteiger charge is -2.19. The minimum absolute atomic E-state index is 0.287. The van der Waals surface area contributed by atoms with Crippen molar-refractivity contribution in [2.45, 2.75) is 31.7 Å². The molecule has 2 rings (SSSR count). The number of nitrogens with zero attached hydrogens (tertiary/aromatic N) is 1. The van der Waals surface area contributed by atoms with Crippen LogP contribution in [0.15, 0.2) is 24.3 Å². The van der Waals surface area contributed by atoms with Crippen LogP contribution in [0, 0.1) is 5.92 Å². The van der Waals surface area contributed by atoms with E-state index in [1.54, 1.807) is 0 Å². The van der Waals surface area contributed by atoms with Crippen molar-refractivity contribution < 1.29 is 0 Å². The number of hydrazine groups is 1. The average Bonchev–Trinajstić information content (AvgIpc) is 3.14. The summed E-state index contributed by atoms with van der Waals surface area (Å²) < 4.78 is 0. The summed E-state index contributed by atoms with van der Waals surface area (Å²) >= 11 is 0. The lowest BCUT2D eigenvalue weighted by atomic mass is 10.0. The Morgan fingerprint density at radius 3 is 2.76 bits per heavy atom. The van der Waals surface area contributed by atoms with Gasteiger partial charge in [0, 0.05) is 25.8 Å². The van der Waals surface area contributed by atoms with Crippen LogP contribution in [-0.4, -0.2) is 14.1 Å². The quantitative estimate of drug-likeness (QED) is 0.586. The molecule has 0 spiro atoms. The summed E-state index contributed by atoms with van der Waals surface area (Å²) in [6.45, 7) is 0. The third kappa shape index (κ3) is 3.45. The molecular weight excluding hydrogens is 210 g/mol. The van der Waals surface area contributed by atoms with Crippen molar-refractivity contribution in [1.29, 1.82) is 0 Å². The molecule has 1 aromatic rings. The van der Waals surface area contributed by atoms with Gasteiger partial charge in [0.25, 0.3) is 0 Å². The van der Waals surface area contributed by atoms with Gasteiger partial charge in [-0.05, 0) is 36.5 Å². The van der Waals surface area contributed by atoms with Crippen molar-refractivity contribution in [2.75, 3.05) is 19.0 Å². The molecule has 1 unspecified atom stereocenters. The van der Waals surface area contributed by atoms with Crippen molar-refractivity contribution in [1.82, 2.24) is 5.43 Å². The second kappa shape index (κ2) is 5.52. The summed E-state index contributed by atoms with van der Waals surface area (Å²) in [5.74, 6) is 6.63. The van der Waals surface area contributed by atoms with Gasteiger partial charge in [0.15, 0.2) is 0 Å². The van der Waals surface area contributed by atoms with E-state index >= 15 is 0 Å². The first kappa shape index (κ1) is 12.4. The summed E-state index contributed by atoms with van der Waals surface area (Å²) in [6, 6.07) is 8.89. The van der Waals surface area contributed by atoms with E-state index in [1.807, 2.05) is 0 Å². The highest BCUT2D eigenvalue weighted by atomic mass is 15.2. The van der Waals surface area contributed by atoms with E-state index < -0.39 is 0 Å². The first-order valence-electron chi connectivity index (χ1n) is 6.44. The zero-order chi connectivity index (χ0) is 12.3. The van der Waals surface area contributed by atoms with Crippen molar-refractivity contribution in [3.8, 4) is 0 Å². The molecule has 0 bridgehead atoms. The number of rotatable bonds is 6. The maximum atomic E-state index is 5.67. The summed E-state index contributed by atoms with van der Waals surface area (Å²) in [6.07, 6.45) is 5.25. The van der Waals surface area contributed by atoms with E-state index in [-0.39, 0.29) is 6.04 Å². The molecule has 1 fully saturated rings. The SMILES string of the molecule is CN(C)c1cccc(C(CCC2CC2)NN)c1. The van der Waals surface area contributed by atoms with Gasteiger partial charge in [-0.3, -0.25) is 11.3 Å². The number of hydrogen-bond acceptors (Lipinski definition) is 3. The second-order valence-corrected chi connectivity index (χ2v) is 5.23. The first-order chi connectivity index (χ1) is 8.20. The molecule has 3 N–H and O–H groups in total. The number of anilines is 1. The summed E-state index contributed by atoms with van der Waals surface area (Å²) in [5, 5.41) is 0. The molecule has 1 aliphatic carbocycles. The van der Waals surface area contributed by atoms with Crippen LogP contribution in [0.3, 0.4) is 0 Å². The molecule has 0 amide bonds. The van der Waals surface area contributed by atoms with E-state index in [4.69, 9.17) is 5.84 Å². The maximum Gasteiger partial charge on any atom is 0.0460 e. The van der Waals surface area contributed by atoms with Gasteiger partial charge in [0.2, 0.25) is 0 Å². The molecule has 0 saturated heterocycles. The third-order valence-electron chi connectivity index (χ3n) is 3.55. The Labute approximate surface area is 104 Å². The minimum Gasteiger partial charge on any atom is -0.378 e. The van der Waals surface area contributed by atoms with Gasteiger partial charge in [0.1, 0.15) is 0 Å². The van der Waals surface area contributed by atoms with Crippen molar-refractivity contribution in [3.05, 3.63) is 29.8 Å². The van der Waals surface area contributed by atoms with Gasteiger partial charge in [-0.1, -0.05) is 25.0 Å². The molecule has 1 atom stereocenters. The Balaban J connectivity index is 2.03. The molecule has 0 aliphatic heterocycles. The Morgan fingerprint density at radius 1 is 1.41 bits per heavy atom. The third-order valence-corrected chi connectivity index (χ3v) is 3.55. The van der Waals surface area contributed by atoms with Crippen LogP contribution in [-0.2, 0) is 0 Å². The number of hydrogen-bond donors (Lipinski definition) is 2. The van der Waals surface area contributed by atoms with Gasteiger partial charge in [-0.15, -0.1) is 0 Å². The molecule has 1 aromatic carbocycles. The normalized spacial score (nSPS) is 16.9. The van der Waals surface area contributed by atoms with Gasteiger partial charge >= 0.3 is 0 Å². The Morgan fingerprint density at radius 2 is 2.18 bits per heavy atom. The lowest BCUT2D eigenvalue weighted by molar-refractivity contribution is 0.482.